The fourth-order valence-corrected chi connectivity index (χ4v) is 1.37. The highest BCUT2D eigenvalue weighted by Crippen LogP contribution is 2.30. The molecule has 9 heteroatoms. The lowest BCUT2D eigenvalue weighted by Gasteiger charge is -2.11. The van der Waals surface area contributed by atoms with E-state index < -0.39 is 11.9 Å². The van der Waals surface area contributed by atoms with Crippen molar-refractivity contribution in [2.45, 2.75) is 12.6 Å². The molecule has 1 rings (SSSR count). The molecule has 1 heterocycles. The minimum absolute atomic E-state index is 0.102. The van der Waals surface area contributed by atoms with Crippen LogP contribution >= 0.6 is 0 Å². The van der Waals surface area contributed by atoms with E-state index in [-0.39, 0.29) is 25.0 Å². The fourth-order valence-electron chi connectivity index (χ4n) is 1.37. The van der Waals surface area contributed by atoms with E-state index in [1.54, 1.807) is 7.11 Å². The standard InChI is InChI=1S/C12H18F3N3O3/c1-16-11-17-9(12(13,14)15)8-10(18-11)21-7-6-20-5-3-4-19-2/h8H,3-7H2,1-2H3,(H,16,17,18). The number of alkyl halides is 3. The first-order chi connectivity index (χ1) is 9.97. The molecule has 0 atom stereocenters. The number of halogens is 3. The molecule has 0 radical (unpaired) electrons. The number of aromatic nitrogens is 2. The van der Waals surface area contributed by atoms with Gasteiger partial charge in [0.1, 0.15) is 6.61 Å². The molecule has 0 aliphatic carbocycles. The Balaban J connectivity index is 2.47. The van der Waals surface area contributed by atoms with E-state index in [0.717, 1.165) is 12.5 Å². The molecule has 0 aliphatic rings. The van der Waals surface area contributed by atoms with Gasteiger partial charge in [-0.3, -0.25) is 0 Å². The summed E-state index contributed by atoms with van der Waals surface area (Å²) in [4.78, 5) is 7.12. The summed E-state index contributed by atoms with van der Waals surface area (Å²) in [6, 6.07) is 0.756. The van der Waals surface area contributed by atoms with Crippen LogP contribution in [0.25, 0.3) is 0 Å². The second-order valence-corrected chi connectivity index (χ2v) is 3.97. The first-order valence-electron chi connectivity index (χ1n) is 6.31. The number of methoxy groups -OCH3 is 1. The van der Waals surface area contributed by atoms with E-state index in [0.29, 0.717) is 13.2 Å². The molecule has 0 bridgehead atoms. The first-order valence-corrected chi connectivity index (χ1v) is 6.31. The molecule has 0 saturated carbocycles. The fraction of sp³-hybridized carbons (Fsp3) is 0.667. The van der Waals surface area contributed by atoms with Gasteiger partial charge < -0.3 is 19.5 Å². The largest absolute Gasteiger partial charge is 0.475 e. The van der Waals surface area contributed by atoms with Crippen molar-refractivity contribution in [1.29, 1.82) is 0 Å². The van der Waals surface area contributed by atoms with Gasteiger partial charge in [0.2, 0.25) is 11.8 Å². The summed E-state index contributed by atoms with van der Waals surface area (Å²) in [6.07, 6.45) is -3.81. The Hall–Kier alpha value is -1.61. The zero-order chi connectivity index (χ0) is 15.7. The number of rotatable bonds is 9. The SMILES string of the molecule is CNc1nc(OCCOCCCOC)cc(C(F)(F)F)n1. The van der Waals surface area contributed by atoms with Crippen molar-refractivity contribution >= 4 is 5.95 Å². The quantitative estimate of drug-likeness (QED) is 0.704. The van der Waals surface area contributed by atoms with E-state index in [2.05, 4.69) is 15.3 Å². The van der Waals surface area contributed by atoms with E-state index in [9.17, 15) is 13.2 Å². The number of ether oxygens (including phenoxy) is 3. The van der Waals surface area contributed by atoms with E-state index in [4.69, 9.17) is 14.2 Å². The van der Waals surface area contributed by atoms with Crippen molar-refractivity contribution in [1.82, 2.24) is 9.97 Å². The molecule has 0 spiro atoms. The Morgan fingerprint density at radius 1 is 1.14 bits per heavy atom. The van der Waals surface area contributed by atoms with Gasteiger partial charge in [0, 0.05) is 33.4 Å². The van der Waals surface area contributed by atoms with E-state index >= 15 is 0 Å². The van der Waals surface area contributed by atoms with Crippen LogP contribution in [-0.4, -0.2) is 50.6 Å². The lowest BCUT2D eigenvalue weighted by atomic mass is 10.4. The van der Waals surface area contributed by atoms with Crippen molar-refractivity contribution in [3.8, 4) is 5.88 Å². The van der Waals surface area contributed by atoms with Gasteiger partial charge in [-0.15, -0.1) is 0 Å². The third-order valence-electron chi connectivity index (χ3n) is 2.33. The van der Waals surface area contributed by atoms with Gasteiger partial charge in [0.05, 0.1) is 6.61 Å². The second-order valence-electron chi connectivity index (χ2n) is 3.97. The Kier molecular flexibility index (Phi) is 7.17. The average Bonchev–Trinajstić information content (AvgIpc) is 2.45. The van der Waals surface area contributed by atoms with Crippen molar-refractivity contribution in [2.24, 2.45) is 0 Å². The second kappa shape index (κ2) is 8.63. The average molecular weight is 309 g/mol. The van der Waals surface area contributed by atoms with Crippen LogP contribution in [0.2, 0.25) is 0 Å². The van der Waals surface area contributed by atoms with Gasteiger partial charge in [-0.2, -0.15) is 18.2 Å². The van der Waals surface area contributed by atoms with Crippen LogP contribution in [0, 0.1) is 0 Å². The first kappa shape index (κ1) is 17.4. The molecule has 0 unspecified atom stereocenters. The predicted octanol–water partition coefficient (Wildman–Crippen LogP) is 1.97. The minimum Gasteiger partial charge on any atom is -0.475 e. The minimum atomic E-state index is -4.55. The number of hydrogen-bond acceptors (Lipinski definition) is 6. The van der Waals surface area contributed by atoms with Crippen LogP contribution < -0.4 is 10.1 Å². The van der Waals surface area contributed by atoms with Gasteiger partial charge in [-0.05, 0) is 6.42 Å². The van der Waals surface area contributed by atoms with Gasteiger partial charge in [0.25, 0.3) is 0 Å². The highest BCUT2D eigenvalue weighted by molar-refractivity contribution is 5.31. The maximum Gasteiger partial charge on any atom is 0.433 e. The molecule has 120 valence electrons. The summed E-state index contributed by atoms with van der Waals surface area (Å²) < 4.78 is 53.1. The van der Waals surface area contributed by atoms with Crippen LogP contribution in [0.3, 0.4) is 0 Å². The third kappa shape index (κ3) is 6.58. The number of nitrogens with one attached hydrogen (secondary N) is 1. The monoisotopic (exact) mass is 309 g/mol. The molecule has 1 aromatic rings. The molecule has 0 aromatic carbocycles. The third-order valence-corrected chi connectivity index (χ3v) is 2.33. The highest BCUT2D eigenvalue weighted by atomic mass is 19.4. The van der Waals surface area contributed by atoms with Crippen LogP contribution in [0.4, 0.5) is 19.1 Å². The smallest absolute Gasteiger partial charge is 0.433 e. The van der Waals surface area contributed by atoms with Crippen LogP contribution in [0.5, 0.6) is 5.88 Å². The molecule has 0 amide bonds. The van der Waals surface area contributed by atoms with E-state index in [1.807, 2.05) is 0 Å². The topological polar surface area (TPSA) is 65.5 Å². The van der Waals surface area contributed by atoms with Gasteiger partial charge >= 0.3 is 6.18 Å². The molecule has 0 fully saturated rings. The van der Waals surface area contributed by atoms with Gasteiger partial charge in [-0.1, -0.05) is 0 Å². The summed E-state index contributed by atoms with van der Waals surface area (Å²) in [6.45, 7) is 1.44. The molecule has 6 nitrogen and oxygen atoms in total. The molecular weight excluding hydrogens is 291 g/mol. The number of anilines is 1. The van der Waals surface area contributed by atoms with E-state index in [1.165, 1.54) is 7.05 Å². The highest BCUT2D eigenvalue weighted by Gasteiger charge is 2.33. The Morgan fingerprint density at radius 3 is 2.52 bits per heavy atom. The Morgan fingerprint density at radius 2 is 1.90 bits per heavy atom. The normalized spacial score (nSPS) is 11.5. The van der Waals surface area contributed by atoms with Crippen molar-refractivity contribution < 1.29 is 27.4 Å². The maximum absolute atomic E-state index is 12.6. The molecule has 1 N–H and O–H groups in total. The Bertz CT molecular complexity index is 430. The lowest BCUT2D eigenvalue weighted by molar-refractivity contribution is -0.141. The number of hydrogen-bond donors (Lipinski definition) is 1. The summed E-state index contributed by atoms with van der Waals surface area (Å²) in [7, 11) is 3.02. The zero-order valence-electron chi connectivity index (χ0n) is 11.9. The summed E-state index contributed by atoms with van der Waals surface area (Å²) in [5.41, 5.74) is -1.06. The number of nitrogens with zero attached hydrogens (tertiary/aromatic N) is 2. The summed E-state index contributed by atoms with van der Waals surface area (Å²) in [5, 5.41) is 2.46. The Labute approximate surface area is 120 Å². The molecule has 21 heavy (non-hydrogen) atoms. The van der Waals surface area contributed by atoms with Crippen molar-refractivity contribution in [3.63, 3.8) is 0 Å². The van der Waals surface area contributed by atoms with Gasteiger partial charge in [0.15, 0.2) is 5.69 Å². The molecule has 0 saturated heterocycles. The molecule has 0 aliphatic heterocycles. The van der Waals surface area contributed by atoms with Crippen LogP contribution in [0.15, 0.2) is 6.07 Å². The summed E-state index contributed by atoms with van der Waals surface area (Å²) in [5.74, 6) is -0.303. The van der Waals surface area contributed by atoms with Crippen LogP contribution in [-0.2, 0) is 15.7 Å². The van der Waals surface area contributed by atoms with Crippen molar-refractivity contribution in [2.75, 3.05) is 45.9 Å². The summed E-state index contributed by atoms with van der Waals surface area (Å²) >= 11 is 0. The maximum atomic E-state index is 12.6. The molecule has 1 aromatic heterocycles. The van der Waals surface area contributed by atoms with Gasteiger partial charge in [-0.25, -0.2) is 4.98 Å². The zero-order valence-corrected chi connectivity index (χ0v) is 11.9. The van der Waals surface area contributed by atoms with Crippen LogP contribution in [0.1, 0.15) is 12.1 Å². The molecular formula is C12H18F3N3O3. The van der Waals surface area contributed by atoms with Crippen molar-refractivity contribution in [3.05, 3.63) is 11.8 Å². The predicted molar refractivity (Wildman–Crippen MR) is 69.4 cm³/mol. The lowest BCUT2D eigenvalue weighted by Crippen LogP contribution is -2.13.